The van der Waals surface area contributed by atoms with Crippen LogP contribution < -0.4 is 11.3 Å². The van der Waals surface area contributed by atoms with Gasteiger partial charge in [-0.2, -0.15) is 0 Å². The summed E-state index contributed by atoms with van der Waals surface area (Å²) in [6.07, 6.45) is 7.08. The van der Waals surface area contributed by atoms with E-state index >= 15 is 0 Å². The van der Waals surface area contributed by atoms with Gasteiger partial charge in [0.2, 0.25) is 0 Å². The topological polar surface area (TPSA) is 38.0 Å². The monoisotopic (exact) mass is 250 g/mol. The molecule has 0 aliphatic heterocycles. The highest BCUT2D eigenvalue weighted by molar-refractivity contribution is 6.31. The summed E-state index contributed by atoms with van der Waals surface area (Å²) in [6.45, 7) is 2.04. The summed E-state index contributed by atoms with van der Waals surface area (Å²) in [7, 11) is 0. The Hall–Kier alpha value is -0.830. The van der Waals surface area contributed by atoms with E-state index in [2.05, 4.69) is 23.6 Å². The number of hydrazine groups is 1. The number of benzene rings is 1. The molecule has 0 fully saturated rings. The summed E-state index contributed by atoms with van der Waals surface area (Å²) in [4.78, 5) is 0. The molecule has 1 aliphatic rings. The first-order valence-corrected chi connectivity index (χ1v) is 6.51. The van der Waals surface area contributed by atoms with Gasteiger partial charge in [-0.1, -0.05) is 35.4 Å². The van der Waals surface area contributed by atoms with Crippen molar-refractivity contribution in [1.29, 1.82) is 0 Å². The van der Waals surface area contributed by atoms with Crippen molar-refractivity contribution in [3.8, 4) is 0 Å². The highest BCUT2D eigenvalue weighted by Crippen LogP contribution is 2.33. The second-order valence-corrected chi connectivity index (χ2v) is 5.06. The molecule has 0 amide bonds. The van der Waals surface area contributed by atoms with Gasteiger partial charge in [-0.05, 0) is 49.8 Å². The first-order valence-electron chi connectivity index (χ1n) is 6.13. The van der Waals surface area contributed by atoms with Gasteiger partial charge in [0, 0.05) is 5.02 Å². The smallest absolute Gasteiger partial charge is 0.0684 e. The average Bonchev–Trinajstić information content (AvgIpc) is 2.34. The van der Waals surface area contributed by atoms with Crippen LogP contribution >= 0.6 is 11.6 Å². The van der Waals surface area contributed by atoms with E-state index in [-0.39, 0.29) is 6.04 Å². The van der Waals surface area contributed by atoms with Crippen molar-refractivity contribution < 1.29 is 0 Å². The van der Waals surface area contributed by atoms with Crippen molar-refractivity contribution in [3.63, 3.8) is 0 Å². The molecule has 1 aliphatic carbocycles. The fourth-order valence-electron chi connectivity index (χ4n) is 2.39. The molecule has 1 atom stereocenters. The molecule has 0 aromatic heterocycles. The Balaban J connectivity index is 2.31. The van der Waals surface area contributed by atoms with Gasteiger partial charge < -0.3 is 0 Å². The average molecular weight is 251 g/mol. The van der Waals surface area contributed by atoms with E-state index in [1.165, 1.54) is 24.0 Å². The van der Waals surface area contributed by atoms with Crippen LogP contribution in [-0.4, -0.2) is 0 Å². The molecule has 3 N–H and O–H groups in total. The maximum atomic E-state index is 6.30. The van der Waals surface area contributed by atoms with Crippen LogP contribution in [0.5, 0.6) is 0 Å². The summed E-state index contributed by atoms with van der Waals surface area (Å²) >= 11 is 6.30. The number of halogens is 1. The summed E-state index contributed by atoms with van der Waals surface area (Å²) in [5.74, 6) is 5.69. The third-order valence-corrected chi connectivity index (χ3v) is 3.66. The number of rotatable bonds is 3. The minimum atomic E-state index is 0.0587. The quantitative estimate of drug-likeness (QED) is 0.488. The van der Waals surface area contributed by atoms with Crippen molar-refractivity contribution >= 4 is 11.6 Å². The van der Waals surface area contributed by atoms with Crippen LogP contribution in [0.4, 0.5) is 0 Å². The number of hydrogen-bond acceptors (Lipinski definition) is 2. The summed E-state index contributed by atoms with van der Waals surface area (Å²) in [5.41, 5.74) is 6.51. The fraction of sp³-hybridized carbons (Fsp3) is 0.429. The Morgan fingerprint density at radius 1 is 1.35 bits per heavy atom. The third kappa shape index (κ3) is 2.89. The Morgan fingerprint density at radius 2 is 2.18 bits per heavy atom. The Labute approximate surface area is 108 Å². The number of nitrogens with two attached hydrogens (primary N) is 1. The van der Waals surface area contributed by atoms with Crippen molar-refractivity contribution in [2.75, 3.05) is 0 Å². The van der Waals surface area contributed by atoms with E-state index < -0.39 is 0 Å². The zero-order chi connectivity index (χ0) is 12.3. The second-order valence-electron chi connectivity index (χ2n) is 4.65. The predicted octanol–water partition coefficient (Wildman–Crippen LogP) is 3.65. The maximum absolute atomic E-state index is 6.30. The molecule has 0 saturated heterocycles. The van der Waals surface area contributed by atoms with Crippen molar-refractivity contribution in [3.05, 3.63) is 46.0 Å². The van der Waals surface area contributed by atoms with Gasteiger partial charge in [0.15, 0.2) is 0 Å². The molecule has 92 valence electrons. The predicted molar refractivity (Wildman–Crippen MR) is 72.8 cm³/mol. The molecule has 0 radical (unpaired) electrons. The van der Waals surface area contributed by atoms with Gasteiger partial charge in [-0.3, -0.25) is 5.84 Å². The van der Waals surface area contributed by atoms with E-state index in [9.17, 15) is 0 Å². The van der Waals surface area contributed by atoms with Crippen molar-refractivity contribution in [1.82, 2.24) is 5.43 Å². The van der Waals surface area contributed by atoms with Crippen LogP contribution in [0.2, 0.25) is 5.02 Å². The Bertz CT molecular complexity index is 426. The number of aryl methyl sites for hydroxylation is 1. The lowest BCUT2D eigenvalue weighted by Gasteiger charge is -2.24. The summed E-state index contributed by atoms with van der Waals surface area (Å²) < 4.78 is 0. The van der Waals surface area contributed by atoms with Crippen molar-refractivity contribution in [2.45, 2.75) is 38.6 Å². The van der Waals surface area contributed by atoms with Gasteiger partial charge in [0.05, 0.1) is 6.04 Å². The van der Waals surface area contributed by atoms with Gasteiger partial charge in [-0.25, -0.2) is 5.43 Å². The van der Waals surface area contributed by atoms with Crippen LogP contribution in [0, 0.1) is 6.92 Å². The Morgan fingerprint density at radius 3 is 2.76 bits per heavy atom. The third-order valence-electron chi connectivity index (χ3n) is 3.33. The molecule has 1 aromatic carbocycles. The molecule has 1 unspecified atom stereocenters. The molecular weight excluding hydrogens is 232 g/mol. The molecule has 2 rings (SSSR count). The summed E-state index contributed by atoms with van der Waals surface area (Å²) in [6, 6.07) is 6.19. The molecule has 2 nitrogen and oxygen atoms in total. The van der Waals surface area contributed by atoms with Gasteiger partial charge in [0.1, 0.15) is 0 Å². The lowest BCUT2D eigenvalue weighted by atomic mass is 9.90. The van der Waals surface area contributed by atoms with E-state index in [1.54, 1.807) is 0 Å². The van der Waals surface area contributed by atoms with Crippen LogP contribution in [-0.2, 0) is 0 Å². The maximum Gasteiger partial charge on any atom is 0.0684 e. The van der Waals surface area contributed by atoms with Gasteiger partial charge >= 0.3 is 0 Å². The lowest BCUT2D eigenvalue weighted by Crippen LogP contribution is -2.30. The van der Waals surface area contributed by atoms with E-state index in [1.807, 2.05) is 13.0 Å². The SMILES string of the molecule is Cc1ccc(C(NN)C2=CCCCC2)c(Cl)c1. The Kier molecular flexibility index (Phi) is 4.21. The molecule has 0 bridgehead atoms. The largest absolute Gasteiger partial charge is 0.271 e. The van der Waals surface area contributed by atoms with Crippen LogP contribution in [0.15, 0.2) is 29.8 Å². The van der Waals surface area contributed by atoms with Crippen LogP contribution in [0.3, 0.4) is 0 Å². The number of hydrogen-bond donors (Lipinski definition) is 2. The van der Waals surface area contributed by atoms with Crippen LogP contribution in [0.1, 0.15) is 42.9 Å². The number of allylic oxidation sites excluding steroid dienone is 1. The zero-order valence-electron chi connectivity index (χ0n) is 10.2. The van der Waals surface area contributed by atoms with E-state index in [0.717, 1.165) is 23.4 Å². The molecule has 17 heavy (non-hydrogen) atoms. The highest BCUT2D eigenvalue weighted by atomic mass is 35.5. The lowest BCUT2D eigenvalue weighted by molar-refractivity contribution is 0.566. The molecule has 1 aromatic rings. The minimum absolute atomic E-state index is 0.0587. The first kappa shape index (κ1) is 12.6. The molecule has 0 heterocycles. The number of nitrogens with one attached hydrogen (secondary N) is 1. The molecule has 3 heteroatoms. The van der Waals surface area contributed by atoms with Crippen molar-refractivity contribution in [2.24, 2.45) is 5.84 Å². The molecule has 0 spiro atoms. The fourth-order valence-corrected chi connectivity index (χ4v) is 2.73. The standard InChI is InChI=1S/C14H19ClN2/c1-10-7-8-12(13(15)9-10)14(17-16)11-5-3-2-4-6-11/h5,7-9,14,17H,2-4,6,16H2,1H3. The highest BCUT2D eigenvalue weighted by Gasteiger charge is 2.19. The normalized spacial score (nSPS) is 17.7. The van der Waals surface area contributed by atoms with Crippen LogP contribution in [0.25, 0.3) is 0 Å². The second kappa shape index (κ2) is 5.67. The zero-order valence-corrected chi connectivity index (χ0v) is 10.9. The summed E-state index contributed by atoms with van der Waals surface area (Å²) in [5, 5.41) is 0.791. The van der Waals surface area contributed by atoms with E-state index in [0.29, 0.717) is 0 Å². The molecule has 0 saturated carbocycles. The molecular formula is C14H19ClN2. The van der Waals surface area contributed by atoms with Gasteiger partial charge in [-0.15, -0.1) is 0 Å². The minimum Gasteiger partial charge on any atom is -0.271 e. The van der Waals surface area contributed by atoms with E-state index in [4.69, 9.17) is 17.4 Å². The first-order chi connectivity index (χ1) is 8.22. The van der Waals surface area contributed by atoms with Gasteiger partial charge in [0.25, 0.3) is 0 Å².